The Morgan fingerprint density at radius 3 is 1.19 bits per heavy atom. The summed E-state index contributed by atoms with van der Waals surface area (Å²) < 4.78 is 0. The van der Waals surface area contributed by atoms with Gasteiger partial charge in [0.25, 0.3) is 23.2 Å². The standard InChI is InChI=1S/C38H27N7O6S/c46-37(41-27-9-15-31(16-10-27)44(48)49)23-1-5-25(6-2-23)39-29-13-19-35-33(21-29)43-34-22-30(14-20-36(34)52-35)40-26-7-3-24(4-8-26)38(47)42-28-11-17-32(18-12-28)45(50)51/h1-22,39-40,43H,(H,41,46)(H,42,47). The highest BCUT2D eigenvalue weighted by Gasteiger charge is 2.17. The van der Waals surface area contributed by atoms with Gasteiger partial charge in [-0.05, 0) is 109 Å². The van der Waals surface area contributed by atoms with E-state index in [1.54, 1.807) is 60.3 Å². The monoisotopic (exact) mass is 709 g/mol. The van der Waals surface area contributed by atoms with Crippen molar-refractivity contribution in [3.63, 3.8) is 0 Å². The number of non-ortho nitro benzene ring substituents is 2. The van der Waals surface area contributed by atoms with E-state index in [1.165, 1.54) is 48.5 Å². The Labute approximate surface area is 300 Å². The fraction of sp³-hybridized carbons (Fsp3) is 0. The van der Waals surface area contributed by atoms with Crippen LogP contribution in [0.4, 0.5) is 56.9 Å². The van der Waals surface area contributed by atoms with Gasteiger partial charge in [0, 0.05) is 79.3 Å². The van der Waals surface area contributed by atoms with Crippen LogP contribution in [0, 0.1) is 20.2 Å². The first-order chi connectivity index (χ1) is 25.2. The Morgan fingerprint density at radius 1 is 0.481 bits per heavy atom. The summed E-state index contributed by atoms with van der Waals surface area (Å²) in [6.45, 7) is 0. The Hall–Kier alpha value is -7.19. The largest absolute Gasteiger partial charge is 0.355 e. The smallest absolute Gasteiger partial charge is 0.269 e. The van der Waals surface area contributed by atoms with Crippen molar-refractivity contribution in [1.82, 2.24) is 0 Å². The zero-order chi connectivity index (χ0) is 36.2. The summed E-state index contributed by atoms with van der Waals surface area (Å²) in [5.74, 6) is -0.659. The molecule has 256 valence electrons. The average molecular weight is 710 g/mol. The molecule has 0 unspecified atom stereocenters. The van der Waals surface area contributed by atoms with Crippen LogP contribution in [0.1, 0.15) is 20.7 Å². The summed E-state index contributed by atoms with van der Waals surface area (Å²) in [5.41, 5.74) is 6.84. The van der Waals surface area contributed by atoms with Crippen molar-refractivity contribution < 1.29 is 19.4 Å². The molecule has 6 aromatic rings. The van der Waals surface area contributed by atoms with Crippen LogP contribution in [0.15, 0.2) is 143 Å². The van der Waals surface area contributed by atoms with E-state index in [1.807, 2.05) is 36.4 Å². The van der Waals surface area contributed by atoms with Gasteiger partial charge < -0.3 is 26.6 Å². The first-order valence-electron chi connectivity index (χ1n) is 15.8. The zero-order valence-electron chi connectivity index (χ0n) is 27.0. The SMILES string of the molecule is O=C(Nc1ccc([N+](=O)[O-])cc1)c1ccc(Nc2ccc3c(c2)Nc2cc(Nc4ccc(C(=O)Nc5ccc([N+](=O)[O-])cc5)cc4)ccc2S3)cc1. The summed E-state index contributed by atoms with van der Waals surface area (Å²) >= 11 is 1.65. The van der Waals surface area contributed by atoms with Gasteiger partial charge in [-0.25, -0.2) is 0 Å². The molecule has 0 spiro atoms. The minimum atomic E-state index is -0.494. The van der Waals surface area contributed by atoms with Crippen molar-refractivity contribution in [2.45, 2.75) is 9.79 Å². The zero-order valence-corrected chi connectivity index (χ0v) is 27.8. The molecule has 14 heteroatoms. The number of anilines is 8. The highest BCUT2D eigenvalue weighted by Crippen LogP contribution is 2.46. The van der Waals surface area contributed by atoms with Crippen molar-refractivity contribution in [2.24, 2.45) is 0 Å². The topological polar surface area (TPSA) is 181 Å². The molecular weight excluding hydrogens is 683 g/mol. The summed E-state index contributed by atoms with van der Waals surface area (Å²) in [4.78, 5) is 48.3. The summed E-state index contributed by atoms with van der Waals surface area (Å²) in [7, 11) is 0. The van der Waals surface area contributed by atoms with Gasteiger partial charge in [0.05, 0.1) is 21.2 Å². The van der Waals surface area contributed by atoms with Gasteiger partial charge in [0.15, 0.2) is 0 Å². The molecule has 1 aliphatic heterocycles. The van der Waals surface area contributed by atoms with Crippen molar-refractivity contribution in [1.29, 1.82) is 0 Å². The molecule has 0 saturated carbocycles. The number of fused-ring (bicyclic) bond motifs is 2. The first kappa shape index (κ1) is 33.3. The molecule has 0 aromatic heterocycles. The van der Waals surface area contributed by atoms with Crippen molar-refractivity contribution >= 4 is 80.5 Å². The van der Waals surface area contributed by atoms with Crippen molar-refractivity contribution in [3.8, 4) is 0 Å². The Balaban J connectivity index is 0.956. The molecule has 0 fully saturated rings. The van der Waals surface area contributed by atoms with Crippen LogP contribution in [0.25, 0.3) is 0 Å². The van der Waals surface area contributed by atoms with Gasteiger partial charge in [-0.3, -0.25) is 29.8 Å². The molecule has 0 bridgehead atoms. The summed E-state index contributed by atoms with van der Waals surface area (Å²) in [6.07, 6.45) is 0. The quantitative estimate of drug-likeness (QED) is 0.0677. The second-order valence-electron chi connectivity index (χ2n) is 11.6. The third kappa shape index (κ3) is 7.66. The van der Waals surface area contributed by atoms with E-state index in [9.17, 15) is 29.8 Å². The maximum Gasteiger partial charge on any atom is 0.269 e. The fourth-order valence-electron chi connectivity index (χ4n) is 5.34. The maximum absolute atomic E-state index is 12.7. The van der Waals surface area contributed by atoms with Crippen LogP contribution in [0.5, 0.6) is 0 Å². The Bertz CT molecular complexity index is 2170. The Kier molecular flexibility index (Phi) is 9.19. The van der Waals surface area contributed by atoms with E-state index in [4.69, 9.17) is 0 Å². The van der Waals surface area contributed by atoms with Crippen LogP contribution in [0.2, 0.25) is 0 Å². The van der Waals surface area contributed by atoms with Crippen LogP contribution in [0.3, 0.4) is 0 Å². The molecule has 0 saturated heterocycles. The van der Waals surface area contributed by atoms with Gasteiger partial charge >= 0.3 is 0 Å². The fourth-order valence-corrected chi connectivity index (χ4v) is 6.28. The van der Waals surface area contributed by atoms with E-state index >= 15 is 0 Å². The van der Waals surface area contributed by atoms with Crippen LogP contribution in [-0.4, -0.2) is 21.7 Å². The molecule has 0 radical (unpaired) electrons. The number of hydrogen-bond donors (Lipinski definition) is 5. The number of rotatable bonds is 10. The highest BCUT2D eigenvalue weighted by molar-refractivity contribution is 7.99. The van der Waals surface area contributed by atoms with Crippen molar-refractivity contribution in [3.05, 3.63) is 165 Å². The van der Waals surface area contributed by atoms with Gasteiger partial charge in [-0.2, -0.15) is 0 Å². The minimum absolute atomic E-state index is 0.0517. The van der Waals surface area contributed by atoms with E-state index in [0.717, 1.165) is 43.9 Å². The molecule has 6 aromatic carbocycles. The molecule has 0 aliphatic carbocycles. The van der Waals surface area contributed by atoms with Crippen LogP contribution >= 0.6 is 11.8 Å². The van der Waals surface area contributed by atoms with Crippen LogP contribution < -0.4 is 26.6 Å². The second-order valence-corrected chi connectivity index (χ2v) is 12.7. The third-order valence-electron chi connectivity index (χ3n) is 7.99. The summed E-state index contributed by atoms with van der Waals surface area (Å²) in [6, 6.07) is 37.4. The maximum atomic E-state index is 12.7. The lowest BCUT2D eigenvalue weighted by Gasteiger charge is -2.22. The molecule has 0 atom stereocenters. The number of nitro groups is 2. The number of carbonyl (C=O) groups excluding carboxylic acids is 2. The number of amides is 2. The van der Waals surface area contributed by atoms with Gasteiger partial charge in [0.2, 0.25) is 0 Å². The number of nitrogens with one attached hydrogen (secondary N) is 5. The van der Waals surface area contributed by atoms with E-state index < -0.39 is 9.85 Å². The molecule has 7 rings (SSSR count). The van der Waals surface area contributed by atoms with Gasteiger partial charge in [0.1, 0.15) is 0 Å². The predicted molar refractivity (Wildman–Crippen MR) is 202 cm³/mol. The predicted octanol–water partition coefficient (Wildman–Crippen LogP) is 9.70. The van der Waals surface area contributed by atoms with Gasteiger partial charge in [-0.1, -0.05) is 11.8 Å². The normalized spacial score (nSPS) is 11.2. The molecule has 1 aliphatic rings. The molecule has 5 N–H and O–H groups in total. The van der Waals surface area contributed by atoms with E-state index in [2.05, 4.69) is 26.6 Å². The molecular formula is C38H27N7O6S. The van der Waals surface area contributed by atoms with Gasteiger partial charge in [-0.15, -0.1) is 0 Å². The first-order valence-corrected chi connectivity index (χ1v) is 16.6. The molecule has 2 amide bonds. The minimum Gasteiger partial charge on any atom is -0.355 e. The van der Waals surface area contributed by atoms with Crippen molar-refractivity contribution in [2.75, 3.05) is 26.6 Å². The third-order valence-corrected chi connectivity index (χ3v) is 9.14. The number of hydrogen-bond acceptors (Lipinski definition) is 10. The highest BCUT2D eigenvalue weighted by atomic mass is 32.2. The lowest BCUT2D eigenvalue weighted by molar-refractivity contribution is -0.385. The lowest BCUT2D eigenvalue weighted by Crippen LogP contribution is -2.11. The molecule has 1 heterocycles. The number of benzene rings is 6. The second kappa shape index (κ2) is 14.3. The average Bonchev–Trinajstić information content (AvgIpc) is 3.15. The summed E-state index contributed by atoms with van der Waals surface area (Å²) in [5, 5.41) is 37.5. The Morgan fingerprint density at radius 2 is 0.827 bits per heavy atom. The van der Waals surface area contributed by atoms with E-state index in [-0.39, 0.29) is 23.2 Å². The molecule has 52 heavy (non-hydrogen) atoms. The number of nitro benzene ring substituents is 2. The van der Waals surface area contributed by atoms with E-state index in [0.29, 0.717) is 22.5 Å². The number of carbonyl (C=O) groups is 2. The number of nitrogens with zero attached hydrogens (tertiary/aromatic N) is 2. The lowest BCUT2D eigenvalue weighted by atomic mass is 10.1. The molecule has 13 nitrogen and oxygen atoms in total. The van der Waals surface area contributed by atoms with Crippen LogP contribution in [-0.2, 0) is 0 Å².